The van der Waals surface area contributed by atoms with Crippen LogP contribution in [-0.2, 0) is 25.5 Å². The van der Waals surface area contributed by atoms with Gasteiger partial charge in [-0.05, 0) is 18.4 Å². The summed E-state index contributed by atoms with van der Waals surface area (Å²) in [7, 11) is 0. The summed E-state index contributed by atoms with van der Waals surface area (Å²) in [6, 6.07) is 9.55. The van der Waals surface area contributed by atoms with E-state index in [1.807, 2.05) is 30.3 Å². The van der Waals surface area contributed by atoms with Crippen LogP contribution < -0.4 is 0 Å². The highest BCUT2D eigenvalue weighted by Gasteiger charge is 2.35. The molecule has 0 N–H and O–H groups in total. The fourth-order valence-electron chi connectivity index (χ4n) is 2.19. The number of Topliss-reactive ketones (excluding diaryl/α,β-unsaturated/α-hetero) is 1. The fourth-order valence-corrected chi connectivity index (χ4v) is 2.19. The minimum atomic E-state index is -4.63. The van der Waals surface area contributed by atoms with E-state index in [2.05, 4.69) is 4.74 Å². The lowest BCUT2D eigenvalue weighted by Gasteiger charge is -2.08. The minimum Gasteiger partial charge on any atom is -0.489 e. The first-order valence-electron chi connectivity index (χ1n) is 7.04. The second-order valence-electron chi connectivity index (χ2n) is 5.04. The van der Waals surface area contributed by atoms with Gasteiger partial charge >= 0.3 is 12.1 Å². The first-order valence-corrected chi connectivity index (χ1v) is 7.04. The SMILES string of the molecule is O=C1COC(CCCc2ccccc2)=C1C(=O)OCC(F)(F)F. The second-order valence-corrected chi connectivity index (χ2v) is 5.04. The summed E-state index contributed by atoms with van der Waals surface area (Å²) in [5, 5.41) is 0. The molecule has 1 heterocycles. The Balaban J connectivity index is 1.95. The molecule has 1 aromatic rings. The third kappa shape index (κ3) is 5.12. The number of benzene rings is 1. The standard InChI is InChI=1S/C16H15F3O4/c17-16(18,19)10-23-15(21)14-12(20)9-22-13(14)8-4-7-11-5-2-1-3-6-11/h1-3,5-6H,4,7-10H2. The van der Waals surface area contributed by atoms with E-state index in [1.54, 1.807) is 0 Å². The number of hydrogen-bond acceptors (Lipinski definition) is 4. The van der Waals surface area contributed by atoms with Gasteiger partial charge in [-0.3, -0.25) is 4.79 Å². The number of carbonyl (C=O) groups excluding carboxylic acids is 2. The van der Waals surface area contributed by atoms with E-state index < -0.39 is 30.1 Å². The number of rotatable bonds is 6. The van der Waals surface area contributed by atoms with Crippen molar-refractivity contribution in [3.05, 3.63) is 47.2 Å². The van der Waals surface area contributed by atoms with Crippen molar-refractivity contribution in [2.45, 2.75) is 25.4 Å². The predicted molar refractivity (Wildman–Crippen MR) is 74.4 cm³/mol. The van der Waals surface area contributed by atoms with E-state index in [9.17, 15) is 22.8 Å². The largest absolute Gasteiger partial charge is 0.489 e. The van der Waals surface area contributed by atoms with Gasteiger partial charge in [0.2, 0.25) is 5.78 Å². The second kappa shape index (κ2) is 7.30. The zero-order chi connectivity index (χ0) is 16.9. The lowest BCUT2D eigenvalue weighted by Crippen LogP contribution is -2.23. The number of ether oxygens (including phenoxy) is 2. The highest BCUT2D eigenvalue weighted by Crippen LogP contribution is 2.24. The van der Waals surface area contributed by atoms with Crippen molar-refractivity contribution in [2.24, 2.45) is 0 Å². The van der Waals surface area contributed by atoms with Gasteiger partial charge in [0.1, 0.15) is 11.3 Å². The Morgan fingerprint density at radius 3 is 2.52 bits per heavy atom. The highest BCUT2D eigenvalue weighted by molar-refractivity contribution is 6.19. The van der Waals surface area contributed by atoms with Gasteiger partial charge in [0.05, 0.1) is 0 Å². The number of esters is 1. The lowest BCUT2D eigenvalue weighted by molar-refractivity contribution is -0.183. The van der Waals surface area contributed by atoms with Gasteiger partial charge in [-0.15, -0.1) is 0 Å². The summed E-state index contributed by atoms with van der Waals surface area (Å²) >= 11 is 0. The number of allylic oxidation sites excluding steroid dienone is 1. The molecule has 4 nitrogen and oxygen atoms in total. The first-order chi connectivity index (χ1) is 10.9. The molecule has 1 aliphatic heterocycles. The normalized spacial score (nSPS) is 14.8. The molecule has 124 valence electrons. The van der Waals surface area contributed by atoms with Crippen LogP contribution >= 0.6 is 0 Å². The molecule has 0 spiro atoms. The van der Waals surface area contributed by atoms with Crippen molar-refractivity contribution in [3.8, 4) is 0 Å². The van der Waals surface area contributed by atoms with Gasteiger partial charge in [-0.25, -0.2) is 4.79 Å². The van der Waals surface area contributed by atoms with Gasteiger partial charge in [-0.1, -0.05) is 30.3 Å². The molecule has 0 aromatic heterocycles. The van der Waals surface area contributed by atoms with Gasteiger partial charge in [-0.2, -0.15) is 13.2 Å². The monoisotopic (exact) mass is 328 g/mol. The molecule has 7 heteroatoms. The summed E-state index contributed by atoms with van der Waals surface area (Å²) < 4.78 is 45.5. The van der Waals surface area contributed by atoms with E-state index in [0.717, 1.165) is 5.56 Å². The molecular formula is C16H15F3O4. The van der Waals surface area contributed by atoms with Gasteiger partial charge in [0.15, 0.2) is 13.2 Å². The third-order valence-electron chi connectivity index (χ3n) is 3.22. The quantitative estimate of drug-likeness (QED) is 0.595. The summed E-state index contributed by atoms with van der Waals surface area (Å²) in [6.07, 6.45) is -3.04. The Bertz CT molecular complexity index is 606. The van der Waals surface area contributed by atoms with Gasteiger partial charge in [0.25, 0.3) is 0 Å². The zero-order valence-electron chi connectivity index (χ0n) is 12.2. The number of ketones is 1. The molecule has 0 saturated carbocycles. The van der Waals surface area contributed by atoms with Crippen LogP contribution in [0.2, 0.25) is 0 Å². The third-order valence-corrected chi connectivity index (χ3v) is 3.22. The smallest absolute Gasteiger partial charge is 0.422 e. The van der Waals surface area contributed by atoms with Gasteiger partial charge in [0, 0.05) is 6.42 Å². The van der Waals surface area contributed by atoms with Crippen LogP contribution in [0.3, 0.4) is 0 Å². The molecule has 0 saturated heterocycles. The number of alkyl halides is 3. The van der Waals surface area contributed by atoms with E-state index in [4.69, 9.17) is 4.74 Å². The van der Waals surface area contributed by atoms with Crippen LogP contribution in [0.25, 0.3) is 0 Å². The molecule has 0 fully saturated rings. The van der Waals surface area contributed by atoms with Crippen LogP contribution in [0.4, 0.5) is 13.2 Å². The number of hydrogen-bond donors (Lipinski definition) is 0. The van der Waals surface area contributed by atoms with Crippen molar-refractivity contribution in [1.82, 2.24) is 0 Å². The maximum atomic E-state index is 12.1. The molecular weight excluding hydrogens is 313 g/mol. The molecule has 0 atom stereocenters. The Morgan fingerprint density at radius 2 is 1.87 bits per heavy atom. The zero-order valence-corrected chi connectivity index (χ0v) is 12.2. The number of aryl methyl sites for hydroxylation is 1. The number of halogens is 3. The van der Waals surface area contributed by atoms with Crippen molar-refractivity contribution < 1.29 is 32.2 Å². The Hall–Kier alpha value is -2.31. The van der Waals surface area contributed by atoms with Crippen molar-refractivity contribution in [3.63, 3.8) is 0 Å². The van der Waals surface area contributed by atoms with Crippen LogP contribution in [0.15, 0.2) is 41.7 Å². The van der Waals surface area contributed by atoms with Crippen LogP contribution in [0, 0.1) is 0 Å². The van der Waals surface area contributed by atoms with Crippen LogP contribution in [0.1, 0.15) is 18.4 Å². The Labute approximate surface area is 130 Å². The maximum absolute atomic E-state index is 12.1. The molecule has 0 amide bonds. The van der Waals surface area contributed by atoms with Crippen LogP contribution in [-0.4, -0.2) is 31.1 Å². The average molecular weight is 328 g/mol. The van der Waals surface area contributed by atoms with Crippen LogP contribution in [0.5, 0.6) is 0 Å². The summed E-state index contributed by atoms with van der Waals surface area (Å²) in [5.74, 6) is -1.82. The average Bonchev–Trinajstić information content (AvgIpc) is 2.86. The summed E-state index contributed by atoms with van der Waals surface area (Å²) in [4.78, 5) is 23.3. The van der Waals surface area contributed by atoms with Gasteiger partial charge < -0.3 is 9.47 Å². The predicted octanol–water partition coefficient (Wildman–Crippen LogP) is 2.97. The minimum absolute atomic E-state index is 0.109. The van der Waals surface area contributed by atoms with Crippen molar-refractivity contribution in [2.75, 3.05) is 13.2 Å². The first kappa shape index (κ1) is 17.1. The molecule has 0 aliphatic carbocycles. The molecule has 0 bridgehead atoms. The highest BCUT2D eigenvalue weighted by atomic mass is 19.4. The Morgan fingerprint density at radius 1 is 1.17 bits per heavy atom. The molecule has 0 radical (unpaired) electrons. The molecule has 0 unspecified atom stereocenters. The van der Waals surface area contributed by atoms with E-state index in [0.29, 0.717) is 12.8 Å². The molecule has 23 heavy (non-hydrogen) atoms. The topological polar surface area (TPSA) is 52.6 Å². The maximum Gasteiger partial charge on any atom is 0.422 e. The molecule has 1 aromatic carbocycles. The van der Waals surface area contributed by atoms with Crippen molar-refractivity contribution in [1.29, 1.82) is 0 Å². The molecule has 2 rings (SSSR count). The van der Waals surface area contributed by atoms with Crippen molar-refractivity contribution >= 4 is 11.8 Å². The lowest BCUT2D eigenvalue weighted by atomic mass is 10.1. The Kier molecular flexibility index (Phi) is 5.41. The number of carbonyl (C=O) groups is 2. The molecule has 1 aliphatic rings. The summed E-state index contributed by atoms with van der Waals surface area (Å²) in [6.45, 7) is -2.06. The summed E-state index contributed by atoms with van der Waals surface area (Å²) in [5.41, 5.74) is 0.681. The van der Waals surface area contributed by atoms with E-state index in [-0.39, 0.29) is 18.8 Å². The van der Waals surface area contributed by atoms with E-state index >= 15 is 0 Å². The fraction of sp³-hybridized carbons (Fsp3) is 0.375. The van der Waals surface area contributed by atoms with E-state index in [1.165, 1.54) is 0 Å².